The van der Waals surface area contributed by atoms with E-state index in [0.29, 0.717) is 11.1 Å². The van der Waals surface area contributed by atoms with Gasteiger partial charge in [0.1, 0.15) is 35.4 Å². The average molecular weight is 835 g/mol. The van der Waals surface area contributed by atoms with Crippen molar-refractivity contribution in [2.24, 2.45) is 11.8 Å². The maximum Gasteiger partial charge on any atom is 0.408 e. The van der Waals surface area contributed by atoms with Crippen LogP contribution in [0.15, 0.2) is 48.5 Å². The molecule has 16 nitrogen and oxygen atoms in total. The molecule has 2 N–H and O–H groups in total. The van der Waals surface area contributed by atoms with Gasteiger partial charge in [0.25, 0.3) is 0 Å². The predicted octanol–water partition coefficient (Wildman–Crippen LogP) is 5.11. The fourth-order valence-electron chi connectivity index (χ4n) is 6.95. The number of Topliss-reactive ketones (excluding diaryl/α,β-unsaturated/α-hetero) is 2. The Morgan fingerprint density at radius 2 is 0.900 bits per heavy atom. The maximum atomic E-state index is 13.2. The molecule has 2 aromatic rings. The minimum Gasteiger partial charge on any atom is -0.456 e. The van der Waals surface area contributed by atoms with E-state index in [9.17, 15) is 38.4 Å². The van der Waals surface area contributed by atoms with Crippen LogP contribution in [-0.4, -0.2) is 119 Å². The standard InChI is InChI=1S/C44H58N4O12/c1-25(2)35(47-21-19-31(37(47)51)45-41(55)59-43(5,6)7)39(53)57-23-33(49)29-15-11-27(12-16-29)28-13-17-30(18-14-28)34(50)24-58-40(54)36(26(3)4)48-22-20-32(38(48)52)46-42(56)60-44(8,9)10/h11-18,25-26,31-32,35-36H,19-24H2,1-10H3,(H,45,55)(H,46,56). The molecule has 4 rings (SSSR count). The largest absolute Gasteiger partial charge is 0.456 e. The molecule has 0 aliphatic carbocycles. The fourth-order valence-corrected chi connectivity index (χ4v) is 6.95. The number of carbonyl (C=O) groups excluding carboxylic acids is 8. The quantitative estimate of drug-likeness (QED) is 0.137. The number of rotatable bonds is 15. The lowest BCUT2D eigenvalue weighted by Gasteiger charge is -2.29. The van der Waals surface area contributed by atoms with E-state index in [-0.39, 0.29) is 37.8 Å². The zero-order valence-corrected chi connectivity index (χ0v) is 36.1. The van der Waals surface area contributed by atoms with Gasteiger partial charge in [-0.2, -0.15) is 0 Å². The minimum atomic E-state index is -0.957. The number of esters is 2. The molecule has 60 heavy (non-hydrogen) atoms. The van der Waals surface area contributed by atoms with E-state index in [0.717, 1.165) is 11.1 Å². The van der Waals surface area contributed by atoms with Crippen LogP contribution in [0.4, 0.5) is 9.59 Å². The Morgan fingerprint density at radius 3 is 1.18 bits per heavy atom. The highest BCUT2D eigenvalue weighted by molar-refractivity contribution is 6.00. The van der Waals surface area contributed by atoms with Crippen LogP contribution in [0.3, 0.4) is 0 Å². The first-order valence-electron chi connectivity index (χ1n) is 20.2. The summed E-state index contributed by atoms with van der Waals surface area (Å²) in [5, 5.41) is 5.13. The Labute approximate surface area is 351 Å². The van der Waals surface area contributed by atoms with Crippen molar-refractivity contribution in [1.29, 1.82) is 0 Å². The number of nitrogens with zero attached hydrogens (tertiary/aromatic N) is 2. The number of amides is 4. The van der Waals surface area contributed by atoms with Crippen LogP contribution in [0.2, 0.25) is 0 Å². The summed E-state index contributed by atoms with van der Waals surface area (Å²) in [6, 6.07) is 9.61. The zero-order valence-electron chi connectivity index (χ0n) is 36.1. The Kier molecular flexibility index (Phi) is 15.2. The number of benzene rings is 2. The SMILES string of the molecule is CC(C)C(C(=O)OCC(=O)c1ccc(-c2ccc(C(=O)COC(=O)C(C(C)C)N3CCC(NC(=O)OC(C)(C)C)C3=O)cc2)cc1)N1CCC(NC(=O)OC(C)(C)C)C1=O. The number of carbonyl (C=O) groups is 8. The van der Waals surface area contributed by atoms with Gasteiger partial charge in [0.2, 0.25) is 11.8 Å². The van der Waals surface area contributed by atoms with Crippen molar-refractivity contribution in [3.05, 3.63) is 59.7 Å². The first-order chi connectivity index (χ1) is 28.0. The van der Waals surface area contributed by atoms with Crippen LogP contribution in [0.5, 0.6) is 0 Å². The van der Waals surface area contributed by atoms with Crippen molar-refractivity contribution in [3.63, 3.8) is 0 Å². The molecule has 4 unspecified atom stereocenters. The van der Waals surface area contributed by atoms with Gasteiger partial charge in [0.05, 0.1) is 0 Å². The second-order valence-corrected chi connectivity index (χ2v) is 17.6. The van der Waals surface area contributed by atoms with Crippen molar-refractivity contribution >= 4 is 47.5 Å². The van der Waals surface area contributed by atoms with Crippen molar-refractivity contribution in [1.82, 2.24) is 20.4 Å². The van der Waals surface area contributed by atoms with E-state index < -0.39 is 96.1 Å². The van der Waals surface area contributed by atoms with E-state index in [4.69, 9.17) is 18.9 Å². The Bertz CT molecular complexity index is 1790. The zero-order chi connectivity index (χ0) is 44.7. The molecule has 2 heterocycles. The average Bonchev–Trinajstić information content (AvgIpc) is 3.67. The normalized spacial score (nSPS) is 17.9. The monoisotopic (exact) mass is 834 g/mol. The highest BCUT2D eigenvalue weighted by atomic mass is 16.6. The highest BCUT2D eigenvalue weighted by Crippen LogP contribution is 2.25. The van der Waals surface area contributed by atoms with Crippen molar-refractivity contribution in [2.45, 2.75) is 117 Å². The van der Waals surface area contributed by atoms with Gasteiger partial charge in [0, 0.05) is 24.2 Å². The molecular weight excluding hydrogens is 776 g/mol. The summed E-state index contributed by atoms with van der Waals surface area (Å²) in [6.45, 7) is 16.7. The van der Waals surface area contributed by atoms with Crippen LogP contribution in [0.25, 0.3) is 11.1 Å². The fraction of sp³-hybridized carbons (Fsp3) is 0.545. The molecule has 0 aromatic heterocycles. The van der Waals surface area contributed by atoms with Gasteiger partial charge < -0.3 is 39.4 Å². The summed E-state index contributed by atoms with van der Waals surface area (Å²) in [5.41, 5.74) is 0.592. The van der Waals surface area contributed by atoms with Gasteiger partial charge in [-0.1, -0.05) is 76.2 Å². The number of likely N-dealkylation sites (tertiary alicyclic amines) is 2. The molecule has 4 atom stereocenters. The molecule has 2 aliphatic rings. The van der Waals surface area contributed by atoms with Crippen LogP contribution < -0.4 is 10.6 Å². The van der Waals surface area contributed by atoms with Crippen molar-refractivity contribution in [2.75, 3.05) is 26.3 Å². The van der Waals surface area contributed by atoms with E-state index in [1.807, 2.05) is 0 Å². The third-order valence-electron chi connectivity index (χ3n) is 9.72. The number of ketones is 2. The molecule has 0 spiro atoms. The molecule has 4 amide bonds. The van der Waals surface area contributed by atoms with Gasteiger partial charge in [-0.25, -0.2) is 19.2 Å². The van der Waals surface area contributed by atoms with Crippen LogP contribution >= 0.6 is 0 Å². The maximum absolute atomic E-state index is 13.2. The van der Waals surface area contributed by atoms with Crippen LogP contribution in [-0.2, 0) is 38.1 Å². The van der Waals surface area contributed by atoms with Gasteiger partial charge in [0.15, 0.2) is 24.8 Å². The van der Waals surface area contributed by atoms with Gasteiger partial charge in [-0.05, 0) is 77.3 Å². The summed E-state index contributed by atoms with van der Waals surface area (Å²) in [5.74, 6) is -3.88. The second kappa shape index (κ2) is 19.5. The predicted molar refractivity (Wildman–Crippen MR) is 219 cm³/mol. The number of nitrogens with one attached hydrogen (secondary N) is 2. The second-order valence-electron chi connectivity index (χ2n) is 17.6. The number of hydrogen-bond acceptors (Lipinski definition) is 12. The highest BCUT2D eigenvalue weighted by Gasteiger charge is 2.43. The molecule has 0 bridgehead atoms. The summed E-state index contributed by atoms with van der Waals surface area (Å²) in [7, 11) is 0. The van der Waals surface area contributed by atoms with E-state index >= 15 is 0 Å². The van der Waals surface area contributed by atoms with Gasteiger partial charge >= 0.3 is 24.1 Å². The lowest BCUT2D eigenvalue weighted by Crippen LogP contribution is -2.50. The van der Waals surface area contributed by atoms with Crippen LogP contribution in [0, 0.1) is 11.8 Å². The molecule has 2 saturated heterocycles. The molecule has 2 aromatic carbocycles. The molecule has 0 saturated carbocycles. The molecule has 326 valence electrons. The number of hydrogen-bond donors (Lipinski definition) is 2. The number of ether oxygens (including phenoxy) is 4. The Balaban J connectivity index is 1.28. The first-order valence-corrected chi connectivity index (χ1v) is 20.2. The van der Waals surface area contributed by atoms with Gasteiger partial charge in [-0.15, -0.1) is 0 Å². The summed E-state index contributed by atoms with van der Waals surface area (Å²) < 4.78 is 21.3. The molecule has 16 heteroatoms. The van der Waals surface area contributed by atoms with Gasteiger partial charge in [-0.3, -0.25) is 19.2 Å². The summed E-state index contributed by atoms with van der Waals surface area (Å²) >= 11 is 0. The summed E-state index contributed by atoms with van der Waals surface area (Å²) in [4.78, 5) is 106. The number of alkyl carbamates (subject to hydrolysis) is 2. The lowest BCUT2D eigenvalue weighted by atomic mass is 10.0. The third-order valence-corrected chi connectivity index (χ3v) is 9.72. The smallest absolute Gasteiger partial charge is 0.408 e. The topological polar surface area (TPSA) is 204 Å². The summed E-state index contributed by atoms with van der Waals surface area (Å²) in [6.07, 6.45) is -0.880. The third kappa shape index (κ3) is 12.6. The van der Waals surface area contributed by atoms with E-state index in [1.165, 1.54) is 9.80 Å². The van der Waals surface area contributed by atoms with Crippen molar-refractivity contribution in [3.8, 4) is 11.1 Å². The lowest BCUT2D eigenvalue weighted by molar-refractivity contribution is -0.155. The molecule has 0 radical (unpaired) electrons. The first kappa shape index (κ1) is 46.9. The van der Waals surface area contributed by atoms with Crippen LogP contribution in [0.1, 0.15) is 103 Å². The Morgan fingerprint density at radius 1 is 0.583 bits per heavy atom. The van der Waals surface area contributed by atoms with Crippen molar-refractivity contribution < 1.29 is 57.3 Å². The van der Waals surface area contributed by atoms with E-state index in [2.05, 4.69) is 10.6 Å². The molecule has 2 fully saturated rings. The Hall–Kier alpha value is -5.80. The molecular formula is C44H58N4O12. The van der Waals surface area contributed by atoms with E-state index in [1.54, 1.807) is 118 Å². The minimum absolute atomic E-state index is 0.218. The molecule has 2 aliphatic heterocycles.